The van der Waals surface area contributed by atoms with E-state index in [0.717, 1.165) is 11.8 Å². The van der Waals surface area contributed by atoms with Gasteiger partial charge in [0.05, 0.1) is 0 Å². The third-order valence-electron chi connectivity index (χ3n) is 2.93. The molecular weight excluding hydrogens is 108 g/mol. The number of hydrogen-bond donors (Lipinski definition) is 0. The Bertz CT molecular complexity index is 165. The Labute approximate surface area is 57.0 Å². The molecule has 0 radical (unpaired) electrons. The van der Waals surface area contributed by atoms with E-state index in [0.29, 0.717) is 0 Å². The number of rotatable bonds is 0. The summed E-state index contributed by atoms with van der Waals surface area (Å²) in [4.78, 5) is 0. The van der Waals surface area contributed by atoms with Gasteiger partial charge in [0.25, 0.3) is 0 Å². The highest BCUT2D eigenvalue weighted by molar-refractivity contribution is 5.26. The maximum atomic E-state index is 2.37. The Morgan fingerprint density at radius 2 is 2.11 bits per heavy atom. The van der Waals surface area contributed by atoms with E-state index in [2.05, 4.69) is 13.8 Å². The minimum absolute atomic E-state index is 0.934. The summed E-state index contributed by atoms with van der Waals surface area (Å²) in [7, 11) is 0. The second-order valence-electron chi connectivity index (χ2n) is 3.72. The smallest absolute Gasteiger partial charge is 0.0226 e. The quantitative estimate of drug-likeness (QED) is 0.433. The predicted molar refractivity (Wildman–Crippen MR) is 39.2 cm³/mol. The fraction of sp³-hybridized carbons (Fsp3) is 0.778. The van der Waals surface area contributed by atoms with Gasteiger partial charge in [0, 0.05) is 0 Å². The highest BCUT2D eigenvalue weighted by Gasteiger charge is 2.32. The molecule has 0 aliphatic heterocycles. The highest BCUT2D eigenvalue weighted by atomic mass is 14.4. The first-order valence-corrected chi connectivity index (χ1v) is 3.96. The fourth-order valence-electron chi connectivity index (χ4n) is 2.55. The Kier molecular flexibility index (Phi) is 0.992. The van der Waals surface area contributed by atoms with E-state index in [4.69, 9.17) is 0 Å². The number of allylic oxidation sites excluding steroid dienone is 2. The first-order valence-electron chi connectivity index (χ1n) is 3.96. The van der Waals surface area contributed by atoms with Crippen molar-refractivity contribution in [1.82, 2.24) is 0 Å². The molecule has 0 saturated heterocycles. The number of fused-ring (bicyclic) bond motifs is 2. The van der Waals surface area contributed by atoms with E-state index >= 15 is 0 Å². The summed E-state index contributed by atoms with van der Waals surface area (Å²) in [5.41, 5.74) is 3.50. The van der Waals surface area contributed by atoms with Crippen molar-refractivity contribution in [3.8, 4) is 0 Å². The van der Waals surface area contributed by atoms with Crippen LogP contribution in [0.15, 0.2) is 11.1 Å². The third kappa shape index (κ3) is 0.654. The van der Waals surface area contributed by atoms with Crippen molar-refractivity contribution in [1.29, 1.82) is 0 Å². The molecule has 0 aromatic carbocycles. The van der Waals surface area contributed by atoms with Crippen LogP contribution < -0.4 is 0 Å². The second kappa shape index (κ2) is 1.62. The van der Waals surface area contributed by atoms with Gasteiger partial charge in [-0.2, -0.15) is 0 Å². The van der Waals surface area contributed by atoms with E-state index in [9.17, 15) is 0 Å². The van der Waals surface area contributed by atoms with Crippen LogP contribution in [0.2, 0.25) is 0 Å². The molecule has 2 rings (SSSR count). The van der Waals surface area contributed by atoms with E-state index in [1.54, 1.807) is 11.1 Å². The summed E-state index contributed by atoms with van der Waals surface area (Å²) < 4.78 is 0. The molecule has 1 saturated carbocycles. The van der Waals surface area contributed by atoms with Crippen LogP contribution in [0.1, 0.15) is 33.1 Å². The molecule has 0 amide bonds. The normalized spacial score (nSPS) is 40.7. The zero-order valence-corrected chi connectivity index (χ0v) is 6.28. The standard InChI is InChI=1S/C9H14/c1-6-3-8-4-7(2)9(6)5-8/h6,8H,3-5H2,1-2H3. The van der Waals surface area contributed by atoms with E-state index in [-0.39, 0.29) is 0 Å². The first-order chi connectivity index (χ1) is 4.27. The third-order valence-corrected chi connectivity index (χ3v) is 2.93. The van der Waals surface area contributed by atoms with Gasteiger partial charge in [0.1, 0.15) is 0 Å². The molecule has 0 nitrogen and oxygen atoms in total. The van der Waals surface area contributed by atoms with Crippen molar-refractivity contribution >= 4 is 0 Å². The molecular formula is C9H14. The van der Waals surface area contributed by atoms with Crippen molar-refractivity contribution in [3.05, 3.63) is 11.1 Å². The maximum absolute atomic E-state index is 2.37. The number of hydrogen-bond acceptors (Lipinski definition) is 0. The summed E-state index contributed by atoms with van der Waals surface area (Å²) in [5.74, 6) is 1.98. The Morgan fingerprint density at radius 1 is 1.33 bits per heavy atom. The summed E-state index contributed by atoms with van der Waals surface area (Å²) in [6.07, 6.45) is 4.33. The van der Waals surface area contributed by atoms with E-state index in [1.165, 1.54) is 19.3 Å². The molecule has 2 unspecified atom stereocenters. The summed E-state index contributed by atoms with van der Waals surface area (Å²) >= 11 is 0. The van der Waals surface area contributed by atoms with Crippen molar-refractivity contribution < 1.29 is 0 Å². The van der Waals surface area contributed by atoms with Crippen molar-refractivity contribution in [2.24, 2.45) is 11.8 Å². The topological polar surface area (TPSA) is 0 Å². The van der Waals surface area contributed by atoms with E-state index < -0.39 is 0 Å². The lowest BCUT2D eigenvalue weighted by molar-refractivity contribution is 0.504. The van der Waals surface area contributed by atoms with Gasteiger partial charge in [-0.05, 0) is 38.0 Å². The molecule has 2 aliphatic rings. The molecule has 1 fully saturated rings. The lowest BCUT2D eigenvalue weighted by atomic mass is 9.93. The fourth-order valence-corrected chi connectivity index (χ4v) is 2.55. The molecule has 2 atom stereocenters. The largest absolute Gasteiger partial charge is 0.0736 e. The van der Waals surface area contributed by atoms with E-state index in [1.807, 2.05) is 0 Å². The highest BCUT2D eigenvalue weighted by Crippen LogP contribution is 2.47. The Hall–Kier alpha value is -0.260. The zero-order valence-electron chi connectivity index (χ0n) is 6.28. The first kappa shape index (κ1) is 5.52. The zero-order chi connectivity index (χ0) is 6.43. The van der Waals surface area contributed by atoms with Crippen LogP contribution in [0.25, 0.3) is 0 Å². The van der Waals surface area contributed by atoms with Crippen molar-refractivity contribution in [2.75, 3.05) is 0 Å². The van der Waals surface area contributed by atoms with Crippen LogP contribution in [-0.4, -0.2) is 0 Å². The predicted octanol–water partition coefficient (Wildman–Crippen LogP) is 2.75. The van der Waals surface area contributed by atoms with Crippen molar-refractivity contribution in [3.63, 3.8) is 0 Å². The Balaban J connectivity index is 2.34. The van der Waals surface area contributed by atoms with Gasteiger partial charge in [0.2, 0.25) is 0 Å². The molecule has 0 aromatic rings. The van der Waals surface area contributed by atoms with Gasteiger partial charge < -0.3 is 0 Å². The molecule has 0 aromatic heterocycles. The molecule has 0 heterocycles. The monoisotopic (exact) mass is 122 g/mol. The molecule has 0 spiro atoms. The van der Waals surface area contributed by atoms with Crippen LogP contribution in [0.3, 0.4) is 0 Å². The average molecular weight is 122 g/mol. The second-order valence-corrected chi connectivity index (χ2v) is 3.72. The summed E-state index contributed by atoms with van der Waals surface area (Å²) in [6.45, 7) is 4.68. The van der Waals surface area contributed by atoms with Crippen LogP contribution in [0, 0.1) is 11.8 Å². The van der Waals surface area contributed by atoms with Crippen LogP contribution in [0.5, 0.6) is 0 Å². The van der Waals surface area contributed by atoms with Gasteiger partial charge in [-0.3, -0.25) is 0 Å². The molecule has 0 heteroatoms. The average Bonchev–Trinajstić information content (AvgIpc) is 2.22. The van der Waals surface area contributed by atoms with Crippen LogP contribution in [-0.2, 0) is 0 Å². The lowest BCUT2D eigenvalue weighted by Crippen LogP contribution is -1.99. The van der Waals surface area contributed by atoms with Gasteiger partial charge in [-0.1, -0.05) is 18.1 Å². The molecule has 2 bridgehead atoms. The molecule has 0 N–H and O–H groups in total. The van der Waals surface area contributed by atoms with Crippen LogP contribution in [0.4, 0.5) is 0 Å². The minimum Gasteiger partial charge on any atom is -0.0736 e. The molecule has 2 aliphatic carbocycles. The summed E-state index contributed by atoms with van der Waals surface area (Å²) in [5, 5.41) is 0. The maximum Gasteiger partial charge on any atom is -0.0226 e. The molecule has 50 valence electrons. The van der Waals surface area contributed by atoms with Gasteiger partial charge >= 0.3 is 0 Å². The van der Waals surface area contributed by atoms with Crippen LogP contribution >= 0.6 is 0 Å². The van der Waals surface area contributed by atoms with Gasteiger partial charge in [-0.15, -0.1) is 0 Å². The minimum atomic E-state index is 0.934. The lowest BCUT2D eigenvalue weighted by Gasteiger charge is -2.13. The van der Waals surface area contributed by atoms with Gasteiger partial charge in [0.15, 0.2) is 0 Å². The SMILES string of the molecule is CC1=C2CC(C1)CC2C. The Morgan fingerprint density at radius 3 is 2.44 bits per heavy atom. The van der Waals surface area contributed by atoms with Gasteiger partial charge in [-0.25, -0.2) is 0 Å². The van der Waals surface area contributed by atoms with Crippen molar-refractivity contribution in [2.45, 2.75) is 33.1 Å². The molecule has 9 heavy (non-hydrogen) atoms. The summed E-state index contributed by atoms with van der Waals surface area (Å²) in [6, 6.07) is 0.